The lowest BCUT2D eigenvalue weighted by atomic mass is 9.86. The number of benzene rings is 2. The van der Waals surface area contributed by atoms with Crippen molar-refractivity contribution in [2.75, 3.05) is 13.1 Å². The van der Waals surface area contributed by atoms with Crippen LogP contribution in [0, 0.1) is 5.82 Å². The number of hydrogen-bond acceptors (Lipinski definition) is 2. The molecule has 0 aromatic heterocycles. The summed E-state index contributed by atoms with van der Waals surface area (Å²) in [4.78, 5) is 25.2. The Balaban J connectivity index is 1.85. The number of nitrogens with one attached hydrogen (secondary N) is 1. The molecule has 1 aliphatic heterocycles. The molecule has 10 heteroatoms. The Morgan fingerprint density at radius 2 is 1.80 bits per heavy atom. The zero-order valence-corrected chi connectivity index (χ0v) is 16.2. The van der Waals surface area contributed by atoms with E-state index in [1.807, 2.05) is 0 Å². The quantitative estimate of drug-likeness (QED) is 0.670. The number of carbonyl (C=O) groups is 2. The molecular formula is C20H17ClF4N2O3. The van der Waals surface area contributed by atoms with Crippen LogP contribution in [0.25, 0.3) is 0 Å². The summed E-state index contributed by atoms with van der Waals surface area (Å²) in [6.07, 6.45) is -5.59. The predicted octanol–water partition coefficient (Wildman–Crippen LogP) is 4.76. The molecule has 160 valence electrons. The average molecular weight is 445 g/mol. The smallest absolute Gasteiger partial charge is 0.417 e. The van der Waals surface area contributed by atoms with Gasteiger partial charge in [0, 0.05) is 30.6 Å². The molecule has 2 atom stereocenters. The van der Waals surface area contributed by atoms with Gasteiger partial charge in [0.1, 0.15) is 5.82 Å². The number of rotatable bonds is 3. The topological polar surface area (TPSA) is 69.6 Å². The molecule has 2 N–H and O–H groups in total. The highest BCUT2D eigenvalue weighted by Gasteiger charge is 2.36. The monoisotopic (exact) mass is 444 g/mol. The normalized spacial score (nSPS) is 19.4. The second-order valence-electron chi connectivity index (χ2n) is 6.95. The van der Waals surface area contributed by atoms with Crippen molar-refractivity contribution in [2.45, 2.75) is 24.6 Å². The molecule has 2 unspecified atom stereocenters. The van der Waals surface area contributed by atoms with Gasteiger partial charge in [-0.1, -0.05) is 23.7 Å². The van der Waals surface area contributed by atoms with Crippen molar-refractivity contribution in [1.82, 2.24) is 10.2 Å². The summed E-state index contributed by atoms with van der Waals surface area (Å²) in [6.45, 7) is 0.201. The van der Waals surface area contributed by atoms with E-state index in [0.29, 0.717) is 11.6 Å². The highest BCUT2D eigenvalue weighted by atomic mass is 35.5. The first kappa shape index (κ1) is 21.9. The van der Waals surface area contributed by atoms with Gasteiger partial charge in [-0.15, -0.1) is 0 Å². The number of carboxylic acid groups (broad SMARTS) is 1. The van der Waals surface area contributed by atoms with Gasteiger partial charge in [0.15, 0.2) is 0 Å². The van der Waals surface area contributed by atoms with Gasteiger partial charge in [-0.05, 0) is 42.3 Å². The summed E-state index contributed by atoms with van der Waals surface area (Å²) in [6, 6.07) is 7.75. The van der Waals surface area contributed by atoms with Gasteiger partial charge < -0.3 is 15.3 Å². The van der Waals surface area contributed by atoms with Crippen molar-refractivity contribution in [1.29, 1.82) is 0 Å². The van der Waals surface area contributed by atoms with E-state index < -0.39 is 46.5 Å². The zero-order chi connectivity index (χ0) is 22.1. The fraction of sp³-hybridized carbons (Fsp3) is 0.300. The number of alkyl halides is 3. The van der Waals surface area contributed by atoms with Gasteiger partial charge in [-0.2, -0.15) is 13.2 Å². The molecule has 0 saturated carbocycles. The fourth-order valence-electron chi connectivity index (χ4n) is 3.48. The maximum absolute atomic E-state index is 13.3. The molecule has 2 aromatic carbocycles. The van der Waals surface area contributed by atoms with E-state index in [1.165, 1.54) is 35.2 Å². The van der Waals surface area contributed by atoms with E-state index in [9.17, 15) is 32.3 Å². The Morgan fingerprint density at radius 3 is 2.40 bits per heavy atom. The van der Waals surface area contributed by atoms with Crippen LogP contribution in [-0.4, -0.2) is 41.1 Å². The molecule has 0 aliphatic carbocycles. The SMILES string of the molecule is O=C(NC1CCN(C(=O)O)CC1c1ccc(F)cc1)c1ccc(Cl)c(C(F)(F)F)c1. The third-order valence-electron chi connectivity index (χ3n) is 5.03. The molecule has 1 saturated heterocycles. The molecule has 2 amide bonds. The minimum Gasteiger partial charge on any atom is -0.465 e. The second-order valence-corrected chi connectivity index (χ2v) is 7.35. The first-order chi connectivity index (χ1) is 14.1. The summed E-state index contributed by atoms with van der Waals surface area (Å²) in [7, 11) is 0. The van der Waals surface area contributed by atoms with E-state index in [1.54, 1.807) is 0 Å². The van der Waals surface area contributed by atoms with Gasteiger partial charge in [0.25, 0.3) is 5.91 Å². The Morgan fingerprint density at radius 1 is 1.13 bits per heavy atom. The van der Waals surface area contributed by atoms with Crippen LogP contribution in [0.15, 0.2) is 42.5 Å². The minimum atomic E-state index is -4.71. The van der Waals surface area contributed by atoms with Crippen LogP contribution in [-0.2, 0) is 6.18 Å². The Bertz CT molecular complexity index is 950. The molecule has 3 rings (SSSR count). The van der Waals surface area contributed by atoms with Gasteiger partial charge in [-0.3, -0.25) is 4.79 Å². The maximum Gasteiger partial charge on any atom is 0.417 e. The van der Waals surface area contributed by atoms with E-state index in [-0.39, 0.29) is 25.1 Å². The van der Waals surface area contributed by atoms with Crippen LogP contribution >= 0.6 is 11.6 Å². The third-order valence-corrected chi connectivity index (χ3v) is 5.36. The van der Waals surface area contributed by atoms with E-state index in [4.69, 9.17) is 11.6 Å². The van der Waals surface area contributed by atoms with Gasteiger partial charge >= 0.3 is 12.3 Å². The summed E-state index contributed by atoms with van der Waals surface area (Å²) in [5, 5.41) is 11.5. The van der Waals surface area contributed by atoms with Crippen LogP contribution in [0.5, 0.6) is 0 Å². The first-order valence-corrected chi connectivity index (χ1v) is 9.35. The Kier molecular flexibility index (Phi) is 6.21. The van der Waals surface area contributed by atoms with Crippen LogP contribution in [0.3, 0.4) is 0 Å². The summed E-state index contributed by atoms with van der Waals surface area (Å²) in [5.41, 5.74) is -0.724. The molecule has 0 radical (unpaired) electrons. The maximum atomic E-state index is 13.3. The van der Waals surface area contributed by atoms with Crippen molar-refractivity contribution in [3.63, 3.8) is 0 Å². The van der Waals surface area contributed by atoms with Crippen LogP contribution < -0.4 is 5.32 Å². The van der Waals surface area contributed by atoms with Crippen LogP contribution in [0.2, 0.25) is 5.02 Å². The van der Waals surface area contributed by atoms with Crippen molar-refractivity contribution in [3.8, 4) is 0 Å². The number of hydrogen-bond donors (Lipinski definition) is 2. The van der Waals surface area contributed by atoms with Gasteiger partial charge in [0.05, 0.1) is 10.6 Å². The van der Waals surface area contributed by atoms with E-state index in [0.717, 1.165) is 6.07 Å². The Labute approximate surface area is 174 Å². The van der Waals surface area contributed by atoms with E-state index >= 15 is 0 Å². The third kappa shape index (κ3) is 4.84. The molecule has 1 heterocycles. The van der Waals surface area contributed by atoms with Crippen molar-refractivity contribution in [3.05, 3.63) is 70.0 Å². The highest BCUT2D eigenvalue weighted by molar-refractivity contribution is 6.31. The number of halogens is 5. The molecule has 1 aliphatic rings. The summed E-state index contributed by atoms with van der Waals surface area (Å²) in [5.74, 6) is -1.70. The lowest BCUT2D eigenvalue weighted by molar-refractivity contribution is -0.137. The second kappa shape index (κ2) is 8.51. The largest absolute Gasteiger partial charge is 0.465 e. The molecular weight excluding hydrogens is 428 g/mol. The van der Waals surface area contributed by atoms with Crippen LogP contribution in [0.4, 0.5) is 22.4 Å². The standard InChI is InChI=1S/C20H17ClF4N2O3/c21-16-6-3-12(9-15(16)20(23,24)25)18(28)26-17-7-8-27(19(29)30)10-14(17)11-1-4-13(22)5-2-11/h1-6,9,14,17H,7-8,10H2,(H,26,28)(H,29,30). The van der Waals surface area contributed by atoms with Crippen molar-refractivity contribution >= 4 is 23.6 Å². The number of carbonyl (C=O) groups excluding carboxylic acids is 1. The van der Waals surface area contributed by atoms with Crippen molar-refractivity contribution < 1.29 is 32.3 Å². The Hall–Kier alpha value is -2.81. The zero-order valence-electron chi connectivity index (χ0n) is 15.4. The molecule has 30 heavy (non-hydrogen) atoms. The molecule has 1 fully saturated rings. The average Bonchev–Trinajstić information content (AvgIpc) is 2.68. The summed E-state index contributed by atoms with van der Waals surface area (Å²) >= 11 is 5.60. The highest BCUT2D eigenvalue weighted by Crippen LogP contribution is 2.35. The van der Waals surface area contributed by atoms with Gasteiger partial charge in [0.2, 0.25) is 0 Å². The predicted molar refractivity (Wildman–Crippen MR) is 101 cm³/mol. The van der Waals surface area contributed by atoms with E-state index in [2.05, 4.69) is 5.32 Å². The van der Waals surface area contributed by atoms with Gasteiger partial charge in [-0.25, -0.2) is 9.18 Å². The van der Waals surface area contributed by atoms with Crippen LogP contribution in [0.1, 0.15) is 33.8 Å². The number of piperidine rings is 1. The molecule has 0 spiro atoms. The lowest BCUT2D eigenvalue weighted by Crippen LogP contribution is -2.51. The summed E-state index contributed by atoms with van der Waals surface area (Å²) < 4.78 is 52.5. The lowest BCUT2D eigenvalue weighted by Gasteiger charge is -2.38. The van der Waals surface area contributed by atoms with Crippen molar-refractivity contribution in [2.24, 2.45) is 0 Å². The number of likely N-dealkylation sites (tertiary alicyclic amines) is 1. The number of amides is 2. The fourth-order valence-corrected chi connectivity index (χ4v) is 3.71. The molecule has 0 bridgehead atoms. The number of nitrogens with zero attached hydrogens (tertiary/aromatic N) is 1. The molecule has 5 nitrogen and oxygen atoms in total. The first-order valence-electron chi connectivity index (χ1n) is 8.97. The minimum absolute atomic E-state index is 0.0559. The molecule has 2 aromatic rings.